The molecule has 6 aliphatic rings. The highest BCUT2D eigenvalue weighted by Crippen LogP contribution is 2.72. The van der Waals surface area contributed by atoms with Crippen molar-refractivity contribution in [1.82, 2.24) is 0 Å². The van der Waals surface area contributed by atoms with Crippen LogP contribution < -0.4 is 0 Å². The van der Waals surface area contributed by atoms with Crippen LogP contribution in [0.5, 0.6) is 0 Å². The van der Waals surface area contributed by atoms with Crippen LogP contribution in [0.25, 0.3) is 0 Å². The van der Waals surface area contributed by atoms with E-state index in [9.17, 15) is 0 Å². The Morgan fingerprint density at radius 1 is 0.550 bits per heavy atom. The second kappa shape index (κ2) is 5.21. The average Bonchev–Trinajstić information content (AvgIpc) is 3.23. The third kappa shape index (κ3) is 1.87. The fourth-order valence-electron chi connectivity index (χ4n) is 4.93. The smallest absolute Gasteiger partial charge is 0.0398 e. The summed E-state index contributed by atoms with van der Waals surface area (Å²) in [4.78, 5) is 0. The van der Waals surface area contributed by atoms with Crippen molar-refractivity contribution in [1.29, 1.82) is 0 Å². The van der Waals surface area contributed by atoms with E-state index in [0.717, 1.165) is 23.7 Å². The van der Waals surface area contributed by atoms with Crippen LogP contribution in [0.4, 0.5) is 0 Å². The average molecular weight is 341 g/mol. The third-order valence-electron chi connectivity index (χ3n) is 5.57. The quantitative estimate of drug-likeness (QED) is 0.576. The fourth-order valence-corrected chi connectivity index (χ4v) is 10.7. The van der Waals surface area contributed by atoms with Gasteiger partial charge in [0.1, 0.15) is 0 Å². The summed E-state index contributed by atoms with van der Waals surface area (Å²) in [5.74, 6) is 9.35. The summed E-state index contributed by atoms with van der Waals surface area (Å²) in [6, 6.07) is 0. The predicted molar refractivity (Wildman–Crippen MR) is 96.3 cm³/mol. The molecule has 4 atom stereocenters. The van der Waals surface area contributed by atoms with E-state index in [1.807, 2.05) is 11.1 Å². The van der Waals surface area contributed by atoms with E-state index in [2.05, 4.69) is 47.0 Å². The van der Waals surface area contributed by atoms with Gasteiger partial charge in [-0.2, -0.15) is 0 Å². The summed E-state index contributed by atoms with van der Waals surface area (Å²) < 4.78 is 3.54. The van der Waals surface area contributed by atoms with E-state index >= 15 is 0 Å². The standard InChI is InChI=1S/C16H20S4/c1-3-17-15(18-4-1)13-9-7-11-10(13)8-12(9)14(11)16-19-5-2-6-20-16/h9-12H,1-8H2. The Balaban J connectivity index is 1.48. The van der Waals surface area contributed by atoms with Crippen LogP contribution in [0.15, 0.2) is 19.6 Å². The minimum atomic E-state index is 0.962. The van der Waals surface area contributed by atoms with E-state index in [-0.39, 0.29) is 0 Å². The molecule has 4 aliphatic carbocycles. The first-order chi connectivity index (χ1) is 9.93. The first-order valence-corrected chi connectivity index (χ1v) is 11.9. The van der Waals surface area contributed by atoms with Crippen LogP contribution >= 0.6 is 47.0 Å². The van der Waals surface area contributed by atoms with Crippen molar-refractivity contribution in [2.75, 3.05) is 23.0 Å². The highest BCUT2D eigenvalue weighted by Gasteiger charge is 2.61. The van der Waals surface area contributed by atoms with E-state index in [4.69, 9.17) is 0 Å². The predicted octanol–water partition coefficient (Wildman–Crippen LogP) is 5.44. The van der Waals surface area contributed by atoms with Crippen LogP contribution in [0.2, 0.25) is 0 Å². The molecule has 6 fully saturated rings. The molecule has 0 radical (unpaired) electrons. The second-order valence-electron chi connectivity index (χ2n) is 6.48. The molecule has 0 N–H and O–H groups in total. The van der Waals surface area contributed by atoms with Gasteiger partial charge in [0.05, 0.1) is 0 Å². The SMILES string of the molecule is C1CSC(=C2C3CC4C(=C5SCCCS5)C3CC24)SC1. The molecule has 0 aromatic rings. The molecular formula is C16H20S4. The molecule has 4 unspecified atom stereocenters. The van der Waals surface area contributed by atoms with Gasteiger partial charge in [0.25, 0.3) is 0 Å². The Morgan fingerprint density at radius 3 is 1.25 bits per heavy atom. The number of rotatable bonds is 0. The molecule has 2 aliphatic heterocycles. The summed E-state index contributed by atoms with van der Waals surface area (Å²) >= 11 is 8.73. The van der Waals surface area contributed by atoms with Gasteiger partial charge in [-0.15, -0.1) is 47.0 Å². The summed E-state index contributed by atoms with van der Waals surface area (Å²) in [6.45, 7) is 0. The van der Waals surface area contributed by atoms with Crippen molar-refractivity contribution in [3.05, 3.63) is 19.6 Å². The minimum absolute atomic E-state index is 0.962. The van der Waals surface area contributed by atoms with E-state index < -0.39 is 0 Å². The van der Waals surface area contributed by atoms with Crippen molar-refractivity contribution < 1.29 is 0 Å². The zero-order valence-corrected chi connectivity index (χ0v) is 14.9. The second-order valence-corrected chi connectivity index (χ2v) is 11.4. The summed E-state index contributed by atoms with van der Waals surface area (Å²) in [6.07, 6.45) is 5.85. The van der Waals surface area contributed by atoms with E-state index in [1.54, 1.807) is 8.47 Å². The summed E-state index contributed by atoms with van der Waals surface area (Å²) in [5.41, 5.74) is 3.87. The van der Waals surface area contributed by atoms with Gasteiger partial charge >= 0.3 is 0 Å². The molecule has 0 aromatic carbocycles. The molecule has 0 aromatic heterocycles. The third-order valence-corrected chi connectivity index (χ3v) is 10.9. The molecule has 0 nitrogen and oxygen atoms in total. The molecule has 20 heavy (non-hydrogen) atoms. The zero-order valence-electron chi connectivity index (χ0n) is 11.6. The lowest BCUT2D eigenvalue weighted by Crippen LogP contribution is -2.10. The molecule has 4 bridgehead atoms. The largest absolute Gasteiger partial charge is 0.119 e. The Morgan fingerprint density at radius 2 is 0.900 bits per heavy atom. The molecule has 2 saturated heterocycles. The maximum absolute atomic E-state index is 2.18. The molecule has 2 heterocycles. The lowest BCUT2D eigenvalue weighted by atomic mass is 9.92. The Labute approximate surface area is 138 Å². The van der Waals surface area contributed by atoms with Crippen molar-refractivity contribution in [2.45, 2.75) is 25.7 Å². The normalized spacial score (nSPS) is 43.2. The Hall–Kier alpha value is 0.880. The molecule has 0 amide bonds. The first-order valence-electron chi connectivity index (χ1n) is 7.93. The minimum Gasteiger partial charge on any atom is -0.119 e. The fraction of sp³-hybridized carbons (Fsp3) is 0.750. The lowest BCUT2D eigenvalue weighted by Gasteiger charge is -2.25. The molecule has 108 valence electrons. The first kappa shape index (κ1) is 13.3. The van der Waals surface area contributed by atoms with Crippen molar-refractivity contribution >= 4 is 47.0 Å². The van der Waals surface area contributed by atoms with Gasteiger partial charge in [0, 0.05) is 8.47 Å². The molecule has 4 heteroatoms. The molecule has 0 spiro atoms. The van der Waals surface area contributed by atoms with Gasteiger partial charge in [0.15, 0.2) is 0 Å². The van der Waals surface area contributed by atoms with Crippen molar-refractivity contribution in [2.24, 2.45) is 23.7 Å². The van der Waals surface area contributed by atoms with Gasteiger partial charge in [0.2, 0.25) is 0 Å². The highest BCUT2D eigenvalue weighted by atomic mass is 32.2. The van der Waals surface area contributed by atoms with Crippen molar-refractivity contribution in [3.8, 4) is 0 Å². The lowest BCUT2D eigenvalue weighted by molar-refractivity contribution is 0.457. The van der Waals surface area contributed by atoms with E-state index in [1.165, 1.54) is 48.7 Å². The summed E-state index contributed by atoms with van der Waals surface area (Å²) in [5, 5.41) is 0. The van der Waals surface area contributed by atoms with Crippen LogP contribution in [0.3, 0.4) is 0 Å². The van der Waals surface area contributed by atoms with Crippen LogP contribution in [0.1, 0.15) is 25.7 Å². The monoisotopic (exact) mass is 340 g/mol. The molecular weight excluding hydrogens is 320 g/mol. The molecule has 4 saturated carbocycles. The number of hydrogen-bond acceptors (Lipinski definition) is 4. The van der Waals surface area contributed by atoms with Crippen molar-refractivity contribution in [3.63, 3.8) is 0 Å². The maximum atomic E-state index is 2.18. The van der Waals surface area contributed by atoms with Gasteiger partial charge in [-0.1, -0.05) is 0 Å². The number of thioether (sulfide) groups is 4. The number of hydrogen-bond donors (Lipinski definition) is 0. The van der Waals surface area contributed by atoms with Gasteiger partial charge in [-0.3, -0.25) is 0 Å². The molecule has 6 rings (SSSR count). The Kier molecular flexibility index (Phi) is 3.47. The maximum Gasteiger partial charge on any atom is 0.0398 e. The Bertz CT molecular complexity index is 425. The van der Waals surface area contributed by atoms with Gasteiger partial charge < -0.3 is 0 Å². The van der Waals surface area contributed by atoms with Gasteiger partial charge in [-0.25, -0.2) is 0 Å². The van der Waals surface area contributed by atoms with Gasteiger partial charge in [-0.05, 0) is 83.5 Å². The van der Waals surface area contributed by atoms with Crippen LogP contribution in [-0.4, -0.2) is 23.0 Å². The topological polar surface area (TPSA) is 0 Å². The summed E-state index contributed by atoms with van der Waals surface area (Å²) in [7, 11) is 0. The zero-order chi connectivity index (χ0) is 13.1. The van der Waals surface area contributed by atoms with Crippen LogP contribution in [0, 0.1) is 23.7 Å². The highest BCUT2D eigenvalue weighted by molar-refractivity contribution is 8.23. The number of allylic oxidation sites excluding steroid dienone is 2. The van der Waals surface area contributed by atoms with E-state index in [0.29, 0.717) is 0 Å². The van der Waals surface area contributed by atoms with Crippen LogP contribution in [-0.2, 0) is 0 Å².